The standard InChI is InChI=1S/C37H63N6O6P/c1-3-4-5-6-7-8-9-10-11-12-13-14-15-16-17-21-24-46-25-26-48-50(44,49-28-32-22-19-18-20-23-32)31-47-33(29-45-2)27-43-30-40-34-35(38)41-37(39)42-36(34)43/h18-20,22-23,30,33H,3-17,21,24-29,31H2,1-2H3,(H4,38,39,41,42). The Kier molecular flexibility index (Phi) is 21.2. The van der Waals surface area contributed by atoms with Gasteiger partial charge in [0.25, 0.3) is 0 Å². The zero-order valence-corrected chi connectivity index (χ0v) is 31.5. The molecule has 2 heterocycles. The minimum Gasteiger partial charge on any atom is -0.382 e. The van der Waals surface area contributed by atoms with Crippen molar-refractivity contribution in [3.63, 3.8) is 0 Å². The molecule has 0 bridgehead atoms. The fraction of sp³-hybridized carbons (Fsp3) is 0.703. The van der Waals surface area contributed by atoms with Gasteiger partial charge in [-0.15, -0.1) is 0 Å². The van der Waals surface area contributed by atoms with Crippen LogP contribution in [0.2, 0.25) is 0 Å². The molecule has 0 spiro atoms. The number of methoxy groups -OCH3 is 1. The molecule has 2 aromatic heterocycles. The van der Waals surface area contributed by atoms with Gasteiger partial charge in [-0.3, -0.25) is 4.57 Å². The van der Waals surface area contributed by atoms with E-state index in [1.807, 2.05) is 30.3 Å². The molecule has 13 heteroatoms. The van der Waals surface area contributed by atoms with Crippen molar-refractivity contribution in [3.8, 4) is 0 Å². The first kappa shape index (κ1) is 41.8. The lowest BCUT2D eigenvalue weighted by molar-refractivity contribution is -0.00144. The monoisotopic (exact) mass is 718 g/mol. The number of nitrogen functional groups attached to an aromatic ring is 2. The van der Waals surface area contributed by atoms with Crippen LogP contribution in [0.25, 0.3) is 11.2 Å². The van der Waals surface area contributed by atoms with Crippen molar-refractivity contribution in [1.29, 1.82) is 0 Å². The molecule has 0 saturated carbocycles. The second-order valence-corrected chi connectivity index (χ2v) is 15.0. The van der Waals surface area contributed by atoms with Crippen LogP contribution < -0.4 is 11.5 Å². The van der Waals surface area contributed by atoms with E-state index in [0.29, 0.717) is 30.9 Å². The first-order valence-electron chi connectivity index (χ1n) is 18.8. The highest BCUT2D eigenvalue weighted by Gasteiger charge is 2.28. The van der Waals surface area contributed by atoms with Gasteiger partial charge in [0.05, 0.1) is 45.4 Å². The second kappa shape index (κ2) is 25.4. The van der Waals surface area contributed by atoms with Crippen LogP contribution in [0.1, 0.15) is 115 Å². The van der Waals surface area contributed by atoms with Gasteiger partial charge >= 0.3 is 7.60 Å². The Bertz CT molecular complexity index is 1350. The molecule has 0 aliphatic carbocycles. The summed E-state index contributed by atoms with van der Waals surface area (Å²) in [6, 6.07) is 9.54. The van der Waals surface area contributed by atoms with Crippen molar-refractivity contribution in [2.45, 2.75) is 129 Å². The smallest absolute Gasteiger partial charge is 0.356 e. The molecular formula is C37H63N6O6P. The number of ether oxygens (including phenoxy) is 3. The molecule has 0 saturated heterocycles. The van der Waals surface area contributed by atoms with Crippen molar-refractivity contribution < 1.29 is 27.8 Å². The third-order valence-electron chi connectivity index (χ3n) is 8.66. The van der Waals surface area contributed by atoms with Gasteiger partial charge in [0.2, 0.25) is 5.95 Å². The minimum atomic E-state index is -3.66. The van der Waals surface area contributed by atoms with Gasteiger partial charge in [-0.05, 0) is 12.0 Å². The van der Waals surface area contributed by atoms with Crippen molar-refractivity contribution in [1.82, 2.24) is 19.5 Å². The number of imidazole rings is 1. The van der Waals surface area contributed by atoms with Crippen LogP contribution in [-0.2, 0) is 41.0 Å². The fourth-order valence-corrected chi connectivity index (χ4v) is 7.14. The summed E-state index contributed by atoms with van der Waals surface area (Å²) in [6.07, 6.45) is 22.1. The van der Waals surface area contributed by atoms with Crippen molar-refractivity contribution in [3.05, 3.63) is 42.2 Å². The number of fused-ring (bicyclic) bond motifs is 1. The minimum absolute atomic E-state index is 0.0465. The lowest BCUT2D eigenvalue weighted by Gasteiger charge is -2.23. The third kappa shape index (κ3) is 17.1. The van der Waals surface area contributed by atoms with Crippen LogP contribution >= 0.6 is 7.60 Å². The normalized spacial score (nSPS) is 13.6. The van der Waals surface area contributed by atoms with E-state index < -0.39 is 13.7 Å². The number of benzene rings is 1. The average molecular weight is 719 g/mol. The van der Waals surface area contributed by atoms with E-state index in [4.69, 9.17) is 34.7 Å². The molecule has 12 nitrogen and oxygen atoms in total. The fourth-order valence-electron chi connectivity index (χ4n) is 5.82. The zero-order chi connectivity index (χ0) is 35.7. The van der Waals surface area contributed by atoms with Crippen LogP contribution in [-0.4, -0.2) is 65.5 Å². The molecule has 0 fully saturated rings. The number of rotatable bonds is 31. The van der Waals surface area contributed by atoms with Crippen molar-refractivity contribution >= 4 is 30.5 Å². The number of nitrogens with two attached hydrogens (primary N) is 2. The molecule has 3 rings (SSSR count). The summed E-state index contributed by atoms with van der Waals surface area (Å²) in [4.78, 5) is 12.5. The lowest BCUT2D eigenvalue weighted by Crippen LogP contribution is -2.26. The Labute approximate surface area is 299 Å². The van der Waals surface area contributed by atoms with Gasteiger partial charge in [0.1, 0.15) is 11.9 Å². The highest BCUT2D eigenvalue weighted by Crippen LogP contribution is 2.49. The third-order valence-corrected chi connectivity index (χ3v) is 10.2. The first-order valence-corrected chi connectivity index (χ1v) is 20.5. The summed E-state index contributed by atoms with van der Waals surface area (Å²) in [5.74, 6) is 0.241. The summed E-state index contributed by atoms with van der Waals surface area (Å²) < 4.78 is 44.5. The van der Waals surface area contributed by atoms with Gasteiger partial charge in [-0.2, -0.15) is 9.97 Å². The molecule has 282 valence electrons. The predicted molar refractivity (Wildman–Crippen MR) is 201 cm³/mol. The molecular weight excluding hydrogens is 655 g/mol. The number of nitrogens with zero attached hydrogens (tertiary/aromatic N) is 4. The van der Waals surface area contributed by atoms with Gasteiger partial charge < -0.3 is 39.3 Å². The Morgan fingerprint density at radius 3 is 2.02 bits per heavy atom. The molecule has 0 radical (unpaired) electrons. The Balaban J connectivity index is 1.32. The highest BCUT2D eigenvalue weighted by molar-refractivity contribution is 7.53. The maximum absolute atomic E-state index is 13.9. The van der Waals surface area contributed by atoms with E-state index in [2.05, 4.69) is 21.9 Å². The molecule has 50 heavy (non-hydrogen) atoms. The van der Waals surface area contributed by atoms with E-state index in [0.717, 1.165) is 18.4 Å². The SMILES string of the molecule is CCCCCCCCCCCCCCCCCCOCCOP(=O)(COC(COC)Cn1cnc2c(N)nc(N)nc21)OCc1ccccc1. The van der Waals surface area contributed by atoms with E-state index in [1.54, 1.807) is 18.0 Å². The molecule has 1 aromatic carbocycles. The molecule has 0 aliphatic rings. The topological polar surface area (TPSA) is 159 Å². The van der Waals surface area contributed by atoms with E-state index in [-0.39, 0.29) is 37.9 Å². The number of aromatic nitrogens is 4. The molecule has 0 aliphatic heterocycles. The van der Waals surface area contributed by atoms with E-state index in [1.165, 1.54) is 89.9 Å². The number of hydrogen-bond acceptors (Lipinski definition) is 11. The lowest BCUT2D eigenvalue weighted by atomic mass is 10.0. The molecule has 0 amide bonds. The molecule has 3 aromatic rings. The van der Waals surface area contributed by atoms with Crippen LogP contribution in [0, 0.1) is 0 Å². The average Bonchev–Trinajstić information content (AvgIpc) is 3.52. The highest BCUT2D eigenvalue weighted by atomic mass is 31.2. The van der Waals surface area contributed by atoms with Crippen LogP contribution in [0.4, 0.5) is 11.8 Å². The summed E-state index contributed by atoms with van der Waals surface area (Å²) in [5, 5.41) is 0. The maximum Gasteiger partial charge on any atom is 0.356 e. The quantitative estimate of drug-likeness (QED) is 0.0484. The van der Waals surface area contributed by atoms with Gasteiger partial charge in [-0.25, -0.2) is 4.98 Å². The molecule has 4 N–H and O–H groups in total. The van der Waals surface area contributed by atoms with Crippen molar-refractivity contribution in [2.24, 2.45) is 0 Å². The number of hydrogen-bond donors (Lipinski definition) is 2. The second-order valence-electron chi connectivity index (χ2n) is 13.0. The summed E-state index contributed by atoms with van der Waals surface area (Å²) >= 11 is 0. The first-order chi connectivity index (χ1) is 24.4. The number of anilines is 2. The van der Waals surface area contributed by atoms with Gasteiger partial charge in [0.15, 0.2) is 11.5 Å². The van der Waals surface area contributed by atoms with Crippen LogP contribution in [0.15, 0.2) is 36.7 Å². The van der Waals surface area contributed by atoms with Crippen LogP contribution in [0.3, 0.4) is 0 Å². The predicted octanol–water partition coefficient (Wildman–Crippen LogP) is 8.68. The van der Waals surface area contributed by atoms with Gasteiger partial charge in [-0.1, -0.05) is 134 Å². The summed E-state index contributed by atoms with van der Waals surface area (Å²) in [7, 11) is -2.09. The van der Waals surface area contributed by atoms with E-state index in [9.17, 15) is 4.57 Å². The Hall–Kier alpha value is -2.60. The summed E-state index contributed by atoms with van der Waals surface area (Å²) in [5.41, 5.74) is 13.6. The summed E-state index contributed by atoms with van der Waals surface area (Å²) in [6.45, 7) is 4.02. The Morgan fingerprint density at radius 2 is 1.40 bits per heavy atom. The largest absolute Gasteiger partial charge is 0.382 e. The molecule has 2 unspecified atom stereocenters. The van der Waals surface area contributed by atoms with Crippen LogP contribution in [0.5, 0.6) is 0 Å². The van der Waals surface area contributed by atoms with Crippen molar-refractivity contribution in [2.75, 3.05) is 51.4 Å². The maximum atomic E-state index is 13.9. The van der Waals surface area contributed by atoms with E-state index >= 15 is 0 Å². The zero-order valence-electron chi connectivity index (χ0n) is 30.6. The number of unbranched alkanes of at least 4 members (excludes halogenated alkanes) is 15. The van der Waals surface area contributed by atoms with Gasteiger partial charge in [0, 0.05) is 13.7 Å². The molecule has 2 atom stereocenters. The Morgan fingerprint density at radius 1 is 0.780 bits per heavy atom.